The molecule has 2 aromatic rings. The minimum atomic E-state index is -0.713. The Bertz CT molecular complexity index is 657. The fourth-order valence-electron chi connectivity index (χ4n) is 3.01. The van der Waals surface area contributed by atoms with E-state index in [0.29, 0.717) is 5.92 Å². The van der Waals surface area contributed by atoms with Crippen LogP contribution in [0.25, 0.3) is 0 Å². The maximum atomic E-state index is 12.0. The first-order valence-corrected chi connectivity index (χ1v) is 9.58. The Morgan fingerprint density at radius 2 is 1.25 bits per heavy atom. The van der Waals surface area contributed by atoms with Crippen LogP contribution in [0.4, 0.5) is 0 Å². The van der Waals surface area contributed by atoms with Gasteiger partial charge in [0.2, 0.25) is 9.39 Å². The number of carbonyl (C=O) groups excluding carboxylic acids is 2. The summed E-state index contributed by atoms with van der Waals surface area (Å²) in [5.41, 5.74) is 2.29. The monoisotopic (exact) mass is 450 g/mol. The average molecular weight is 452 g/mol. The molecule has 0 aliphatic rings. The second kappa shape index (κ2) is 9.28. The van der Waals surface area contributed by atoms with Gasteiger partial charge in [0.25, 0.3) is 0 Å². The van der Waals surface area contributed by atoms with E-state index in [1.54, 1.807) is 0 Å². The first kappa shape index (κ1) is 19.1. The standard InChI is InChI=1S/C20H20Br2O2/c1-14(15-8-4-2-5-9-15)12-13-17(16-10-6-3-7-11-16)18(19(21)23)20(22)24/h2-11,14,17-18H,12-13H2,1H3. The lowest BCUT2D eigenvalue weighted by Crippen LogP contribution is -2.24. The van der Waals surface area contributed by atoms with Gasteiger partial charge in [-0.1, -0.05) is 67.6 Å². The molecule has 0 saturated carbocycles. The molecule has 126 valence electrons. The predicted octanol–water partition coefficient (Wildman–Crippen LogP) is 5.81. The van der Waals surface area contributed by atoms with Gasteiger partial charge in [0, 0.05) is 5.92 Å². The van der Waals surface area contributed by atoms with Crippen LogP contribution in [0.15, 0.2) is 60.7 Å². The molecule has 0 aliphatic carbocycles. The van der Waals surface area contributed by atoms with Crippen molar-refractivity contribution in [3.63, 3.8) is 0 Å². The van der Waals surface area contributed by atoms with Crippen molar-refractivity contribution in [2.45, 2.75) is 31.6 Å². The summed E-state index contributed by atoms with van der Waals surface area (Å²) in [5, 5.41) is 0. The zero-order valence-corrected chi connectivity index (χ0v) is 16.7. The highest BCUT2D eigenvalue weighted by Gasteiger charge is 2.33. The van der Waals surface area contributed by atoms with E-state index < -0.39 is 5.92 Å². The normalized spacial score (nSPS) is 13.5. The zero-order chi connectivity index (χ0) is 17.5. The summed E-state index contributed by atoms with van der Waals surface area (Å²) in [5.74, 6) is -0.486. The maximum absolute atomic E-state index is 12.0. The highest BCUT2D eigenvalue weighted by Crippen LogP contribution is 2.36. The number of hydrogen-bond acceptors (Lipinski definition) is 2. The Kier molecular flexibility index (Phi) is 7.38. The molecule has 0 radical (unpaired) electrons. The largest absolute Gasteiger partial charge is 0.286 e. The van der Waals surface area contributed by atoms with E-state index in [1.165, 1.54) is 5.56 Å². The Labute approximate surface area is 159 Å². The lowest BCUT2D eigenvalue weighted by molar-refractivity contribution is -0.123. The lowest BCUT2D eigenvalue weighted by atomic mass is 9.81. The van der Waals surface area contributed by atoms with E-state index in [9.17, 15) is 9.59 Å². The molecule has 2 rings (SSSR count). The van der Waals surface area contributed by atoms with Gasteiger partial charge in [-0.25, -0.2) is 0 Å². The van der Waals surface area contributed by atoms with Crippen LogP contribution in [0.1, 0.15) is 42.7 Å². The second-order valence-corrected chi connectivity index (χ2v) is 7.56. The van der Waals surface area contributed by atoms with Gasteiger partial charge in [-0.05, 0) is 61.7 Å². The van der Waals surface area contributed by atoms with Crippen LogP contribution in [0.2, 0.25) is 0 Å². The molecular weight excluding hydrogens is 432 g/mol. The van der Waals surface area contributed by atoms with Crippen LogP contribution in [0.5, 0.6) is 0 Å². The third-order valence-corrected chi connectivity index (χ3v) is 5.38. The van der Waals surface area contributed by atoms with Gasteiger partial charge in [-0.3, -0.25) is 9.59 Å². The van der Waals surface area contributed by atoms with Crippen LogP contribution < -0.4 is 0 Å². The Morgan fingerprint density at radius 1 is 0.792 bits per heavy atom. The molecule has 2 nitrogen and oxygen atoms in total. The van der Waals surface area contributed by atoms with Crippen LogP contribution in [0, 0.1) is 5.92 Å². The van der Waals surface area contributed by atoms with Gasteiger partial charge in [0.1, 0.15) is 5.92 Å². The summed E-state index contributed by atoms with van der Waals surface area (Å²) < 4.78 is -0.545. The van der Waals surface area contributed by atoms with Gasteiger partial charge in [0.05, 0.1) is 0 Å². The summed E-state index contributed by atoms with van der Waals surface area (Å²) in [6, 6.07) is 20.1. The molecule has 0 N–H and O–H groups in total. The van der Waals surface area contributed by atoms with E-state index in [-0.39, 0.29) is 15.3 Å². The molecule has 0 bridgehead atoms. The Morgan fingerprint density at radius 3 is 1.71 bits per heavy atom. The number of rotatable bonds is 8. The van der Waals surface area contributed by atoms with Crippen LogP contribution in [-0.2, 0) is 9.59 Å². The minimum absolute atomic E-state index is 0.142. The molecule has 0 aliphatic heterocycles. The summed E-state index contributed by atoms with van der Waals surface area (Å²) in [6.07, 6.45) is 1.67. The summed E-state index contributed by atoms with van der Waals surface area (Å²) in [6.45, 7) is 2.18. The summed E-state index contributed by atoms with van der Waals surface area (Å²) in [7, 11) is 0. The molecule has 24 heavy (non-hydrogen) atoms. The highest BCUT2D eigenvalue weighted by atomic mass is 79.9. The third kappa shape index (κ3) is 5.12. The van der Waals surface area contributed by atoms with Crippen molar-refractivity contribution < 1.29 is 9.59 Å². The van der Waals surface area contributed by atoms with Crippen molar-refractivity contribution in [1.29, 1.82) is 0 Å². The van der Waals surface area contributed by atoms with Crippen molar-refractivity contribution >= 4 is 41.2 Å². The highest BCUT2D eigenvalue weighted by molar-refractivity contribution is 9.19. The number of carbonyl (C=O) groups is 2. The van der Waals surface area contributed by atoms with Crippen molar-refractivity contribution in [3.8, 4) is 0 Å². The lowest BCUT2D eigenvalue weighted by Gasteiger charge is -2.24. The van der Waals surface area contributed by atoms with Gasteiger partial charge in [0.15, 0.2) is 0 Å². The van der Waals surface area contributed by atoms with E-state index >= 15 is 0 Å². The van der Waals surface area contributed by atoms with E-state index in [4.69, 9.17) is 0 Å². The molecule has 2 aromatic carbocycles. The van der Waals surface area contributed by atoms with Gasteiger partial charge >= 0.3 is 0 Å². The molecule has 2 unspecified atom stereocenters. The molecule has 0 spiro atoms. The molecule has 0 heterocycles. The van der Waals surface area contributed by atoms with Crippen LogP contribution in [-0.4, -0.2) is 9.39 Å². The Hall–Kier alpha value is -1.26. The molecule has 4 heteroatoms. The SMILES string of the molecule is CC(CCC(c1ccccc1)C(C(=O)Br)C(=O)Br)c1ccccc1. The molecule has 0 saturated heterocycles. The van der Waals surface area contributed by atoms with E-state index in [1.807, 2.05) is 48.5 Å². The van der Waals surface area contributed by atoms with Crippen molar-refractivity contribution in [3.05, 3.63) is 71.8 Å². The minimum Gasteiger partial charge on any atom is -0.286 e. The first-order valence-electron chi connectivity index (χ1n) is 7.99. The number of benzene rings is 2. The van der Waals surface area contributed by atoms with Gasteiger partial charge in [-0.2, -0.15) is 0 Å². The van der Waals surface area contributed by atoms with Crippen molar-refractivity contribution in [2.24, 2.45) is 5.92 Å². The van der Waals surface area contributed by atoms with Crippen LogP contribution in [0.3, 0.4) is 0 Å². The zero-order valence-electron chi connectivity index (χ0n) is 13.5. The summed E-state index contributed by atoms with van der Waals surface area (Å²) in [4.78, 5) is 24.0. The smallest absolute Gasteiger partial charge is 0.209 e. The third-order valence-electron chi connectivity index (χ3n) is 4.40. The average Bonchev–Trinajstić information content (AvgIpc) is 2.59. The molecule has 0 aromatic heterocycles. The van der Waals surface area contributed by atoms with Gasteiger partial charge in [-0.15, -0.1) is 0 Å². The molecular formula is C20H20Br2O2. The van der Waals surface area contributed by atoms with Crippen LogP contribution >= 0.6 is 31.9 Å². The predicted molar refractivity (Wildman–Crippen MR) is 105 cm³/mol. The fourth-order valence-corrected chi connectivity index (χ4v) is 4.37. The number of halogens is 2. The van der Waals surface area contributed by atoms with Gasteiger partial charge < -0.3 is 0 Å². The van der Waals surface area contributed by atoms with Crippen molar-refractivity contribution in [2.75, 3.05) is 0 Å². The topological polar surface area (TPSA) is 34.1 Å². The molecule has 2 atom stereocenters. The Balaban J connectivity index is 2.20. The second-order valence-electron chi connectivity index (χ2n) is 5.99. The quantitative estimate of drug-likeness (QED) is 0.374. The fraction of sp³-hybridized carbons (Fsp3) is 0.300. The molecule has 0 amide bonds. The maximum Gasteiger partial charge on any atom is 0.209 e. The van der Waals surface area contributed by atoms with E-state index in [2.05, 4.69) is 50.9 Å². The molecule has 0 fully saturated rings. The van der Waals surface area contributed by atoms with Crippen molar-refractivity contribution in [1.82, 2.24) is 0 Å². The van der Waals surface area contributed by atoms with E-state index in [0.717, 1.165) is 18.4 Å². The first-order chi connectivity index (χ1) is 11.5. The summed E-state index contributed by atoms with van der Waals surface area (Å²) >= 11 is 6.00. The number of hydrogen-bond donors (Lipinski definition) is 0.